The second-order valence-electron chi connectivity index (χ2n) is 6.94. The van der Waals surface area contributed by atoms with Gasteiger partial charge >= 0.3 is 6.18 Å². The first-order chi connectivity index (χ1) is 15.0. The maximum Gasteiger partial charge on any atom is 0.417 e. The summed E-state index contributed by atoms with van der Waals surface area (Å²) in [4.78, 5) is 14.7. The number of halogens is 3. The number of carbonyl (C=O) groups excluding carboxylic acids is 1. The Labute approximate surface area is 187 Å². The molecule has 0 saturated carbocycles. The van der Waals surface area contributed by atoms with Gasteiger partial charge in [-0.1, -0.05) is 26.0 Å². The van der Waals surface area contributed by atoms with Gasteiger partial charge in [0.25, 0.3) is 5.91 Å². The maximum atomic E-state index is 13.4. The number of benzene rings is 2. The number of nitrogens with one attached hydrogen (secondary N) is 1. The molecule has 10 heteroatoms. The van der Waals surface area contributed by atoms with Crippen molar-refractivity contribution in [3.8, 4) is 0 Å². The predicted octanol–water partition coefficient (Wildman–Crippen LogP) is 4.83. The smallest absolute Gasteiger partial charge is 0.370 e. The van der Waals surface area contributed by atoms with Crippen LogP contribution in [0.1, 0.15) is 43.6 Å². The van der Waals surface area contributed by atoms with Crippen LogP contribution in [0.15, 0.2) is 47.4 Å². The Bertz CT molecular complexity index is 1050. The minimum absolute atomic E-state index is 0.0449. The first-order valence-corrected chi connectivity index (χ1v) is 11.8. The normalized spacial score (nSPS) is 12.1. The van der Waals surface area contributed by atoms with E-state index in [-0.39, 0.29) is 23.7 Å². The van der Waals surface area contributed by atoms with Crippen molar-refractivity contribution < 1.29 is 26.4 Å². The third-order valence-corrected chi connectivity index (χ3v) is 7.19. The van der Waals surface area contributed by atoms with Crippen LogP contribution in [0.3, 0.4) is 0 Å². The molecule has 1 N–H and O–H groups in total. The van der Waals surface area contributed by atoms with Gasteiger partial charge in [0.1, 0.15) is 0 Å². The van der Waals surface area contributed by atoms with Crippen molar-refractivity contribution in [1.82, 2.24) is 4.31 Å². The Balaban J connectivity index is 2.59. The Hall–Kier alpha value is -2.59. The van der Waals surface area contributed by atoms with Crippen molar-refractivity contribution in [2.45, 2.75) is 38.8 Å². The molecule has 0 aliphatic rings. The van der Waals surface area contributed by atoms with Crippen LogP contribution >= 0.6 is 0 Å². The summed E-state index contributed by atoms with van der Waals surface area (Å²) in [6, 6.07) is 8.78. The molecule has 0 spiro atoms. The third-order valence-electron chi connectivity index (χ3n) is 5.14. The lowest BCUT2D eigenvalue weighted by molar-refractivity contribution is -0.137. The average molecular weight is 472 g/mol. The van der Waals surface area contributed by atoms with Crippen molar-refractivity contribution in [2.75, 3.05) is 36.4 Å². The zero-order chi connectivity index (χ0) is 24.1. The number of hydrogen-bond acceptors (Lipinski definition) is 4. The molecule has 0 atom stereocenters. The molecule has 176 valence electrons. The highest BCUT2D eigenvalue weighted by Crippen LogP contribution is 2.34. The van der Waals surface area contributed by atoms with E-state index in [0.717, 1.165) is 12.1 Å². The number of nitrogens with zero attached hydrogens (tertiary/aromatic N) is 2. The summed E-state index contributed by atoms with van der Waals surface area (Å²) in [6.45, 7) is 8.82. The lowest BCUT2D eigenvalue weighted by Gasteiger charge is -2.26. The van der Waals surface area contributed by atoms with Crippen molar-refractivity contribution in [3.05, 3.63) is 53.6 Å². The maximum absolute atomic E-state index is 13.4. The molecule has 0 aromatic heterocycles. The van der Waals surface area contributed by atoms with Gasteiger partial charge in [0.2, 0.25) is 10.0 Å². The molecule has 0 bridgehead atoms. The van der Waals surface area contributed by atoms with Crippen LogP contribution < -0.4 is 10.2 Å². The number of hydrogen-bond donors (Lipinski definition) is 1. The molecule has 0 aliphatic heterocycles. The molecule has 0 radical (unpaired) electrons. The van der Waals surface area contributed by atoms with E-state index in [4.69, 9.17) is 0 Å². The quantitative estimate of drug-likeness (QED) is 0.569. The van der Waals surface area contributed by atoms with E-state index >= 15 is 0 Å². The van der Waals surface area contributed by atoms with E-state index < -0.39 is 33.2 Å². The zero-order valence-corrected chi connectivity index (χ0v) is 19.3. The van der Waals surface area contributed by atoms with E-state index in [1.807, 2.05) is 18.7 Å². The molecule has 32 heavy (non-hydrogen) atoms. The molecule has 2 aromatic rings. The monoisotopic (exact) mass is 471 g/mol. The van der Waals surface area contributed by atoms with Gasteiger partial charge in [-0.15, -0.1) is 0 Å². The van der Waals surface area contributed by atoms with Gasteiger partial charge in [-0.25, -0.2) is 8.42 Å². The summed E-state index contributed by atoms with van der Waals surface area (Å²) in [7, 11) is -3.83. The molecule has 2 rings (SSSR count). The summed E-state index contributed by atoms with van der Waals surface area (Å²) >= 11 is 0. The molecule has 0 fully saturated rings. The summed E-state index contributed by atoms with van der Waals surface area (Å²) < 4.78 is 67.3. The average Bonchev–Trinajstić information content (AvgIpc) is 2.75. The third kappa shape index (κ3) is 5.42. The van der Waals surface area contributed by atoms with Crippen molar-refractivity contribution in [3.63, 3.8) is 0 Å². The van der Waals surface area contributed by atoms with Gasteiger partial charge in [0.15, 0.2) is 0 Å². The number of alkyl halides is 3. The van der Waals surface area contributed by atoms with Crippen molar-refractivity contribution in [1.29, 1.82) is 0 Å². The summed E-state index contributed by atoms with van der Waals surface area (Å²) in [5.41, 5.74) is -0.952. The fraction of sp³-hybridized carbons (Fsp3) is 0.409. The van der Waals surface area contributed by atoms with E-state index in [2.05, 4.69) is 5.32 Å². The number of anilines is 2. The topological polar surface area (TPSA) is 69.7 Å². The fourth-order valence-corrected chi connectivity index (χ4v) is 4.93. The highest BCUT2D eigenvalue weighted by atomic mass is 32.2. The predicted molar refractivity (Wildman–Crippen MR) is 120 cm³/mol. The summed E-state index contributed by atoms with van der Waals surface area (Å²) in [5.74, 6) is -0.969. The first kappa shape index (κ1) is 25.7. The van der Waals surface area contributed by atoms with E-state index in [0.29, 0.717) is 18.8 Å². The lowest BCUT2D eigenvalue weighted by atomic mass is 10.1. The van der Waals surface area contributed by atoms with Gasteiger partial charge in [-0.2, -0.15) is 17.5 Å². The van der Waals surface area contributed by atoms with Gasteiger partial charge in [-0.05, 0) is 44.2 Å². The number of carbonyl (C=O) groups is 1. The summed E-state index contributed by atoms with van der Waals surface area (Å²) in [5, 5.41) is 2.51. The minimum Gasteiger partial charge on any atom is -0.370 e. The van der Waals surface area contributed by atoms with Crippen LogP contribution in [0.25, 0.3) is 0 Å². The Morgan fingerprint density at radius 2 is 1.53 bits per heavy atom. The van der Waals surface area contributed by atoms with Crippen LogP contribution in [0.2, 0.25) is 0 Å². The minimum atomic E-state index is -4.70. The molecule has 0 aliphatic carbocycles. The molecular weight excluding hydrogens is 443 g/mol. The van der Waals surface area contributed by atoms with Crippen molar-refractivity contribution >= 4 is 27.3 Å². The SMILES string of the molecule is CCN(CC)c1ccc(S(=O)(=O)N(CC)CC)cc1NC(=O)c1ccccc1C(F)(F)F. The molecule has 6 nitrogen and oxygen atoms in total. The van der Waals surface area contributed by atoms with Crippen LogP contribution in [-0.2, 0) is 16.2 Å². The van der Waals surface area contributed by atoms with Gasteiger partial charge in [0, 0.05) is 26.2 Å². The van der Waals surface area contributed by atoms with E-state index in [1.54, 1.807) is 19.9 Å². The largest absolute Gasteiger partial charge is 0.417 e. The van der Waals surface area contributed by atoms with Gasteiger partial charge in [-0.3, -0.25) is 4.79 Å². The number of rotatable bonds is 9. The molecule has 2 aromatic carbocycles. The Kier molecular flexibility index (Phi) is 8.30. The molecule has 0 unspecified atom stereocenters. The van der Waals surface area contributed by atoms with E-state index in [9.17, 15) is 26.4 Å². The Morgan fingerprint density at radius 3 is 2.06 bits per heavy atom. The van der Waals surface area contributed by atoms with Crippen LogP contribution in [0.5, 0.6) is 0 Å². The van der Waals surface area contributed by atoms with Gasteiger partial charge in [0.05, 0.1) is 27.4 Å². The molecule has 0 saturated heterocycles. The molecule has 0 heterocycles. The van der Waals surface area contributed by atoms with E-state index in [1.165, 1.54) is 28.6 Å². The highest BCUT2D eigenvalue weighted by molar-refractivity contribution is 7.89. The van der Waals surface area contributed by atoms with Crippen molar-refractivity contribution in [2.24, 2.45) is 0 Å². The van der Waals surface area contributed by atoms with Crippen LogP contribution in [0, 0.1) is 0 Å². The van der Waals surface area contributed by atoms with Gasteiger partial charge < -0.3 is 10.2 Å². The standard InChI is InChI=1S/C22H28F3N3O3S/c1-5-27(6-2)20-14-13-16(32(30,31)28(7-3)8-4)15-19(20)26-21(29)17-11-9-10-12-18(17)22(23,24)25/h9-15H,5-8H2,1-4H3,(H,26,29). The highest BCUT2D eigenvalue weighted by Gasteiger charge is 2.35. The lowest BCUT2D eigenvalue weighted by Crippen LogP contribution is -2.31. The fourth-order valence-electron chi connectivity index (χ4n) is 3.45. The second kappa shape index (κ2) is 10.4. The first-order valence-electron chi connectivity index (χ1n) is 10.4. The zero-order valence-electron chi connectivity index (χ0n) is 18.5. The number of sulfonamides is 1. The summed E-state index contributed by atoms with van der Waals surface area (Å²) in [6.07, 6.45) is -4.70. The Morgan fingerprint density at radius 1 is 0.938 bits per heavy atom. The number of amides is 1. The molecular formula is C22H28F3N3O3S. The second-order valence-corrected chi connectivity index (χ2v) is 8.88. The van der Waals surface area contributed by atoms with Crippen LogP contribution in [0.4, 0.5) is 24.5 Å². The van der Waals surface area contributed by atoms with Crippen LogP contribution in [-0.4, -0.2) is 44.8 Å². The molecule has 1 amide bonds.